The van der Waals surface area contributed by atoms with Crippen molar-refractivity contribution in [3.63, 3.8) is 0 Å². The summed E-state index contributed by atoms with van der Waals surface area (Å²) < 4.78 is 0. The molecule has 1 heterocycles. The first kappa shape index (κ1) is 9.11. The summed E-state index contributed by atoms with van der Waals surface area (Å²) >= 11 is 1.82. The molecule has 1 aliphatic heterocycles. The molecular weight excluding hydrogens is 198 g/mol. The fourth-order valence-electron chi connectivity index (χ4n) is 0.590. The van der Waals surface area contributed by atoms with Crippen LogP contribution in [0.3, 0.4) is 0 Å². The van der Waals surface area contributed by atoms with Crippen LogP contribution < -0.4 is 0 Å². The van der Waals surface area contributed by atoms with E-state index in [1.54, 1.807) is 0 Å². The maximum absolute atomic E-state index is 3.64. The molecule has 9 heavy (non-hydrogen) atoms. The van der Waals surface area contributed by atoms with Gasteiger partial charge in [0, 0.05) is 12.7 Å². The maximum Gasteiger partial charge on any atom is 0.0678 e. The summed E-state index contributed by atoms with van der Waals surface area (Å²) in [7, 11) is 0. The summed E-state index contributed by atoms with van der Waals surface area (Å²) in [5.41, 5.74) is 0. The standard InChI is InChI=1S/C6H9NS.BrH/c1-2-3-7-4-5-8-6-7;/h2,4-5H,1,3,6H2;1H. The molecule has 0 aromatic heterocycles. The third-order valence-electron chi connectivity index (χ3n) is 0.972. The van der Waals surface area contributed by atoms with Gasteiger partial charge in [-0.05, 0) is 5.41 Å². The van der Waals surface area contributed by atoms with Gasteiger partial charge in [0.05, 0.1) is 5.88 Å². The largest absolute Gasteiger partial charge is 0.364 e. The molecule has 0 unspecified atom stereocenters. The van der Waals surface area contributed by atoms with Gasteiger partial charge in [0.1, 0.15) is 0 Å². The predicted octanol–water partition coefficient (Wildman–Crippen LogP) is 2.23. The van der Waals surface area contributed by atoms with E-state index in [1.807, 2.05) is 17.8 Å². The van der Waals surface area contributed by atoms with Crippen LogP contribution in [0.1, 0.15) is 0 Å². The lowest BCUT2D eigenvalue weighted by Gasteiger charge is -2.09. The minimum absolute atomic E-state index is 0. The summed E-state index contributed by atoms with van der Waals surface area (Å²) in [5.74, 6) is 1.09. The Hall–Kier alpha value is 0.110. The van der Waals surface area contributed by atoms with Gasteiger partial charge in [0.2, 0.25) is 0 Å². The highest BCUT2D eigenvalue weighted by molar-refractivity contribution is 8.93. The van der Waals surface area contributed by atoms with Gasteiger partial charge in [0.25, 0.3) is 0 Å². The highest BCUT2D eigenvalue weighted by Crippen LogP contribution is 2.13. The minimum Gasteiger partial charge on any atom is -0.364 e. The lowest BCUT2D eigenvalue weighted by atomic mass is 10.6. The second-order valence-electron chi connectivity index (χ2n) is 1.64. The van der Waals surface area contributed by atoms with Crippen molar-refractivity contribution in [2.45, 2.75) is 0 Å². The summed E-state index contributed by atoms with van der Waals surface area (Å²) in [6, 6.07) is 0. The van der Waals surface area contributed by atoms with Crippen molar-refractivity contribution in [3.05, 3.63) is 24.3 Å². The second-order valence-corrected chi connectivity index (χ2v) is 2.50. The number of hydrogen-bond acceptors (Lipinski definition) is 2. The Kier molecular flexibility index (Phi) is 5.00. The average Bonchev–Trinajstić information content (AvgIpc) is 2.19. The minimum atomic E-state index is 0. The van der Waals surface area contributed by atoms with Crippen LogP contribution in [-0.2, 0) is 0 Å². The molecule has 0 aromatic rings. The van der Waals surface area contributed by atoms with E-state index in [-0.39, 0.29) is 17.0 Å². The molecule has 0 fully saturated rings. The molecule has 0 radical (unpaired) electrons. The average molecular weight is 208 g/mol. The second kappa shape index (κ2) is 4.94. The van der Waals surface area contributed by atoms with Gasteiger partial charge >= 0.3 is 0 Å². The van der Waals surface area contributed by atoms with Crippen LogP contribution in [0.15, 0.2) is 24.3 Å². The topological polar surface area (TPSA) is 3.24 Å². The lowest BCUT2D eigenvalue weighted by Crippen LogP contribution is -2.11. The molecule has 0 N–H and O–H groups in total. The van der Waals surface area contributed by atoms with Gasteiger partial charge in [0.15, 0.2) is 0 Å². The molecule has 3 heteroatoms. The van der Waals surface area contributed by atoms with Crippen LogP contribution in [-0.4, -0.2) is 17.3 Å². The molecule has 0 bridgehead atoms. The van der Waals surface area contributed by atoms with Crippen molar-refractivity contribution in [3.8, 4) is 0 Å². The van der Waals surface area contributed by atoms with Crippen molar-refractivity contribution >= 4 is 28.7 Å². The highest BCUT2D eigenvalue weighted by Gasteiger charge is 1.99. The van der Waals surface area contributed by atoms with Crippen LogP contribution in [0.2, 0.25) is 0 Å². The number of halogens is 1. The van der Waals surface area contributed by atoms with Gasteiger partial charge in [-0.25, -0.2) is 0 Å². The molecular formula is C6H10BrNS. The van der Waals surface area contributed by atoms with Gasteiger partial charge in [-0.15, -0.1) is 35.3 Å². The van der Waals surface area contributed by atoms with Crippen LogP contribution >= 0.6 is 28.7 Å². The molecule has 52 valence electrons. The molecule has 0 aromatic carbocycles. The highest BCUT2D eigenvalue weighted by atomic mass is 79.9. The van der Waals surface area contributed by atoms with Crippen molar-refractivity contribution < 1.29 is 0 Å². The van der Waals surface area contributed by atoms with Crippen molar-refractivity contribution in [1.82, 2.24) is 4.90 Å². The van der Waals surface area contributed by atoms with E-state index in [1.165, 1.54) is 0 Å². The zero-order valence-corrected chi connectivity index (χ0v) is 7.65. The normalized spacial score (nSPS) is 15.3. The van der Waals surface area contributed by atoms with Crippen molar-refractivity contribution in [2.75, 3.05) is 12.4 Å². The third kappa shape index (κ3) is 2.96. The Balaban J connectivity index is 0.000000640. The smallest absolute Gasteiger partial charge is 0.0678 e. The number of hydrogen-bond donors (Lipinski definition) is 0. The molecule has 1 nitrogen and oxygen atoms in total. The van der Waals surface area contributed by atoms with Crippen LogP contribution in [0, 0.1) is 0 Å². The first-order valence-electron chi connectivity index (χ1n) is 2.56. The molecule has 0 saturated carbocycles. The number of thioether (sulfide) groups is 1. The Morgan fingerprint density at radius 2 is 2.56 bits per heavy atom. The fraction of sp³-hybridized carbons (Fsp3) is 0.333. The summed E-state index contributed by atoms with van der Waals surface area (Å²) in [5, 5.41) is 2.10. The Morgan fingerprint density at radius 1 is 1.78 bits per heavy atom. The molecule has 1 rings (SSSR count). The van der Waals surface area contributed by atoms with Crippen molar-refractivity contribution in [1.29, 1.82) is 0 Å². The molecule has 0 atom stereocenters. The lowest BCUT2D eigenvalue weighted by molar-refractivity contribution is 0.499. The van der Waals surface area contributed by atoms with Gasteiger partial charge < -0.3 is 4.90 Å². The number of nitrogens with zero attached hydrogens (tertiary/aromatic N) is 1. The van der Waals surface area contributed by atoms with Crippen LogP contribution in [0.5, 0.6) is 0 Å². The molecule has 0 spiro atoms. The number of rotatable bonds is 2. The Morgan fingerprint density at radius 3 is 3.00 bits per heavy atom. The van der Waals surface area contributed by atoms with E-state index < -0.39 is 0 Å². The van der Waals surface area contributed by atoms with Gasteiger partial charge in [-0.1, -0.05) is 6.08 Å². The monoisotopic (exact) mass is 207 g/mol. The maximum atomic E-state index is 3.64. The Bertz CT molecular complexity index is 114. The fourth-order valence-corrected chi connectivity index (χ4v) is 1.32. The molecule has 0 amide bonds. The van der Waals surface area contributed by atoms with E-state index in [2.05, 4.69) is 23.1 Å². The summed E-state index contributed by atoms with van der Waals surface area (Å²) in [6.07, 6.45) is 4.00. The molecule has 0 saturated heterocycles. The van der Waals surface area contributed by atoms with E-state index in [4.69, 9.17) is 0 Å². The Labute approximate surface area is 70.6 Å². The van der Waals surface area contributed by atoms with Gasteiger partial charge in [-0.2, -0.15) is 0 Å². The predicted molar refractivity (Wildman–Crippen MR) is 48.8 cm³/mol. The summed E-state index contributed by atoms with van der Waals surface area (Å²) in [4.78, 5) is 2.21. The van der Waals surface area contributed by atoms with Crippen LogP contribution in [0.4, 0.5) is 0 Å². The first-order valence-corrected chi connectivity index (χ1v) is 3.61. The summed E-state index contributed by atoms with van der Waals surface area (Å²) in [6.45, 7) is 4.62. The zero-order valence-electron chi connectivity index (χ0n) is 5.12. The SMILES string of the molecule is Br.C=CCN1C=CSC1. The molecule has 1 aliphatic rings. The van der Waals surface area contributed by atoms with E-state index in [0.717, 1.165) is 12.4 Å². The van der Waals surface area contributed by atoms with E-state index >= 15 is 0 Å². The van der Waals surface area contributed by atoms with Crippen LogP contribution in [0.25, 0.3) is 0 Å². The zero-order chi connectivity index (χ0) is 5.82. The van der Waals surface area contributed by atoms with E-state index in [9.17, 15) is 0 Å². The van der Waals surface area contributed by atoms with Gasteiger partial charge in [-0.3, -0.25) is 0 Å². The van der Waals surface area contributed by atoms with E-state index in [0.29, 0.717) is 0 Å². The quantitative estimate of drug-likeness (QED) is 0.640. The third-order valence-corrected chi connectivity index (χ3v) is 1.77. The molecule has 0 aliphatic carbocycles. The first-order chi connectivity index (χ1) is 3.93. The van der Waals surface area contributed by atoms with Crippen molar-refractivity contribution in [2.24, 2.45) is 0 Å².